The molecule has 1 amide bonds. The maximum Gasteiger partial charge on any atom is 0.265 e. The molecule has 0 aliphatic rings. The van der Waals surface area contributed by atoms with Gasteiger partial charge in [-0.2, -0.15) is 0 Å². The molecule has 0 aliphatic heterocycles. The summed E-state index contributed by atoms with van der Waals surface area (Å²) in [4.78, 5) is 12.1. The van der Waals surface area contributed by atoms with E-state index < -0.39 is 11.9 Å². The highest BCUT2D eigenvalue weighted by atomic mass is 19.1. The maximum absolute atomic E-state index is 13.5. The average molecular weight is 287 g/mol. The first-order valence-corrected chi connectivity index (χ1v) is 6.76. The van der Waals surface area contributed by atoms with Crippen LogP contribution in [0.2, 0.25) is 0 Å². The topological polar surface area (TPSA) is 38.3 Å². The number of para-hydroxylation sites is 1. The first-order valence-electron chi connectivity index (χ1n) is 6.76. The second-order valence-corrected chi connectivity index (χ2v) is 5.00. The molecule has 0 saturated carbocycles. The van der Waals surface area contributed by atoms with Crippen LogP contribution >= 0.6 is 0 Å². The Morgan fingerprint density at radius 3 is 2.62 bits per heavy atom. The molecule has 110 valence electrons. The van der Waals surface area contributed by atoms with E-state index in [1.165, 1.54) is 12.1 Å². The molecule has 0 spiro atoms. The summed E-state index contributed by atoms with van der Waals surface area (Å²) >= 11 is 0. The molecular formula is C17H18FNO2. The standard InChI is InChI=1S/C17H18FNO2/c1-11-8-9-12(2)16(10-11)21-13(3)17(20)19-15-7-5-4-6-14(15)18/h4-10,13H,1-3H3,(H,19,20). The molecule has 0 heterocycles. The average Bonchev–Trinajstić information content (AvgIpc) is 2.45. The first-order chi connectivity index (χ1) is 9.97. The SMILES string of the molecule is Cc1ccc(C)c(OC(C)C(=O)Nc2ccccc2F)c1. The van der Waals surface area contributed by atoms with Crippen molar-refractivity contribution in [3.05, 3.63) is 59.4 Å². The molecule has 0 fully saturated rings. The van der Waals surface area contributed by atoms with Crippen molar-refractivity contribution >= 4 is 11.6 Å². The van der Waals surface area contributed by atoms with Crippen molar-refractivity contribution in [2.75, 3.05) is 5.32 Å². The summed E-state index contributed by atoms with van der Waals surface area (Å²) in [6.45, 7) is 5.50. The lowest BCUT2D eigenvalue weighted by atomic mass is 10.1. The van der Waals surface area contributed by atoms with Gasteiger partial charge in [-0.1, -0.05) is 24.3 Å². The highest BCUT2D eigenvalue weighted by Gasteiger charge is 2.17. The van der Waals surface area contributed by atoms with Crippen molar-refractivity contribution in [2.24, 2.45) is 0 Å². The largest absolute Gasteiger partial charge is 0.481 e. The van der Waals surface area contributed by atoms with Gasteiger partial charge in [-0.25, -0.2) is 4.39 Å². The minimum Gasteiger partial charge on any atom is -0.481 e. The van der Waals surface area contributed by atoms with Gasteiger partial charge in [0.15, 0.2) is 6.10 Å². The van der Waals surface area contributed by atoms with Crippen molar-refractivity contribution in [3.8, 4) is 5.75 Å². The summed E-state index contributed by atoms with van der Waals surface area (Å²) in [6.07, 6.45) is -0.717. The zero-order valence-corrected chi connectivity index (χ0v) is 12.3. The van der Waals surface area contributed by atoms with Crippen LogP contribution in [0.1, 0.15) is 18.1 Å². The first kappa shape index (κ1) is 15.0. The molecule has 0 aromatic heterocycles. The molecule has 0 saturated heterocycles. The second kappa shape index (κ2) is 6.39. The van der Waals surface area contributed by atoms with Crippen LogP contribution in [0, 0.1) is 19.7 Å². The van der Waals surface area contributed by atoms with Gasteiger partial charge in [0.25, 0.3) is 5.91 Å². The fourth-order valence-electron chi connectivity index (χ4n) is 1.88. The van der Waals surface area contributed by atoms with Crippen molar-refractivity contribution in [1.82, 2.24) is 0 Å². The highest BCUT2D eigenvalue weighted by molar-refractivity contribution is 5.94. The molecule has 0 aliphatic carbocycles. The molecule has 0 radical (unpaired) electrons. The molecule has 1 unspecified atom stereocenters. The molecule has 3 nitrogen and oxygen atoms in total. The summed E-state index contributed by atoms with van der Waals surface area (Å²) < 4.78 is 19.2. The van der Waals surface area contributed by atoms with Crippen molar-refractivity contribution in [3.63, 3.8) is 0 Å². The van der Waals surface area contributed by atoms with E-state index >= 15 is 0 Å². The van der Waals surface area contributed by atoms with Crippen LogP contribution in [0.25, 0.3) is 0 Å². The van der Waals surface area contributed by atoms with Gasteiger partial charge in [-0.05, 0) is 50.1 Å². The van der Waals surface area contributed by atoms with Crippen LogP contribution in [0.4, 0.5) is 10.1 Å². The van der Waals surface area contributed by atoms with Crippen LogP contribution in [-0.4, -0.2) is 12.0 Å². The van der Waals surface area contributed by atoms with Crippen LogP contribution < -0.4 is 10.1 Å². The van der Waals surface area contributed by atoms with Gasteiger partial charge in [0, 0.05) is 0 Å². The lowest BCUT2D eigenvalue weighted by Crippen LogP contribution is -2.30. The molecule has 1 atom stereocenters. The fourth-order valence-corrected chi connectivity index (χ4v) is 1.88. The highest BCUT2D eigenvalue weighted by Crippen LogP contribution is 2.21. The summed E-state index contributed by atoms with van der Waals surface area (Å²) in [5.74, 6) is -0.197. The van der Waals surface area contributed by atoms with Crippen molar-refractivity contribution < 1.29 is 13.9 Å². The van der Waals surface area contributed by atoms with Gasteiger partial charge < -0.3 is 10.1 Å². The lowest BCUT2D eigenvalue weighted by Gasteiger charge is -2.17. The molecule has 4 heteroatoms. The van der Waals surface area contributed by atoms with E-state index in [1.807, 2.05) is 32.0 Å². The molecule has 0 bridgehead atoms. The van der Waals surface area contributed by atoms with Crippen LogP contribution in [0.15, 0.2) is 42.5 Å². The van der Waals surface area contributed by atoms with E-state index in [0.717, 1.165) is 11.1 Å². The third kappa shape index (κ3) is 3.81. The number of rotatable bonds is 4. The van der Waals surface area contributed by atoms with E-state index in [0.29, 0.717) is 5.75 Å². The van der Waals surface area contributed by atoms with E-state index in [2.05, 4.69) is 5.32 Å². The summed E-state index contributed by atoms with van der Waals surface area (Å²) in [5.41, 5.74) is 2.15. The number of hydrogen-bond donors (Lipinski definition) is 1. The Morgan fingerprint density at radius 2 is 1.90 bits per heavy atom. The molecule has 2 aromatic rings. The van der Waals surface area contributed by atoms with E-state index in [-0.39, 0.29) is 11.6 Å². The number of hydrogen-bond acceptors (Lipinski definition) is 2. The summed E-state index contributed by atoms with van der Waals surface area (Å²) in [6, 6.07) is 11.8. The Bertz CT molecular complexity index is 655. The molecule has 2 rings (SSSR count). The Morgan fingerprint density at radius 1 is 1.19 bits per heavy atom. The third-order valence-corrected chi connectivity index (χ3v) is 3.15. The van der Waals surface area contributed by atoms with E-state index in [1.54, 1.807) is 19.1 Å². The Labute approximate surface area is 123 Å². The third-order valence-electron chi connectivity index (χ3n) is 3.15. The number of carbonyl (C=O) groups is 1. The number of anilines is 1. The van der Waals surface area contributed by atoms with Gasteiger partial charge in [0.1, 0.15) is 11.6 Å². The van der Waals surface area contributed by atoms with Gasteiger partial charge in [-0.15, -0.1) is 0 Å². The van der Waals surface area contributed by atoms with Gasteiger partial charge in [0.05, 0.1) is 5.69 Å². The number of amides is 1. The monoisotopic (exact) mass is 287 g/mol. The number of nitrogens with one attached hydrogen (secondary N) is 1. The fraction of sp³-hybridized carbons (Fsp3) is 0.235. The number of carbonyl (C=O) groups excluding carboxylic acids is 1. The van der Waals surface area contributed by atoms with Gasteiger partial charge >= 0.3 is 0 Å². The van der Waals surface area contributed by atoms with Gasteiger partial charge in [-0.3, -0.25) is 4.79 Å². The van der Waals surface area contributed by atoms with Gasteiger partial charge in [0.2, 0.25) is 0 Å². The lowest BCUT2D eigenvalue weighted by molar-refractivity contribution is -0.122. The van der Waals surface area contributed by atoms with Crippen LogP contribution in [0.3, 0.4) is 0 Å². The Balaban J connectivity index is 2.06. The zero-order valence-electron chi connectivity index (χ0n) is 12.3. The molecule has 21 heavy (non-hydrogen) atoms. The minimum absolute atomic E-state index is 0.152. The Hall–Kier alpha value is -2.36. The summed E-state index contributed by atoms with van der Waals surface area (Å²) in [5, 5.41) is 2.53. The number of ether oxygens (including phenoxy) is 1. The van der Waals surface area contributed by atoms with Crippen molar-refractivity contribution in [1.29, 1.82) is 0 Å². The predicted molar refractivity (Wildman–Crippen MR) is 81.0 cm³/mol. The smallest absolute Gasteiger partial charge is 0.265 e. The van der Waals surface area contributed by atoms with E-state index in [9.17, 15) is 9.18 Å². The summed E-state index contributed by atoms with van der Waals surface area (Å²) in [7, 11) is 0. The van der Waals surface area contributed by atoms with Crippen LogP contribution in [-0.2, 0) is 4.79 Å². The van der Waals surface area contributed by atoms with Crippen LogP contribution in [0.5, 0.6) is 5.75 Å². The number of halogens is 1. The second-order valence-electron chi connectivity index (χ2n) is 5.00. The maximum atomic E-state index is 13.5. The van der Waals surface area contributed by atoms with Crippen molar-refractivity contribution in [2.45, 2.75) is 26.9 Å². The predicted octanol–water partition coefficient (Wildman–Crippen LogP) is 3.85. The zero-order chi connectivity index (χ0) is 15.4. The molecule has 1 N–H and O–H groups in total. The number of benzene rings is 2. The molecule has 2 aromatic carbocycles. The Kier molecular flexibility index (Phi) is 4.58. The number of aryl methyl sites for hydroxylation is 2. The minimum atomic E-state index is -0.717. The van der Waals surface area contributed by atoms with E-state index in [4.69, 9.17) is 4.74 Å². The molecular weight excluding hydrogens is 269 g/mol. The quantitative estimate of drug-likeness (QED) is 0.927. The normalized spacial score (nSPS) is 11.8.